The number of hydrogen-bond acceptors (Lipinski definition) is 4. The molecule has 1 aromatic carbocycles. The number of fused-ring (bicyclic) bond motifs is 4. The lowest BCUT2D eigenvalue weighted by atomic mass is 9.75. The van der Waals surface area contributed by atoms with Crippen LogP contribution in [0.25, 0.3) is 10.9 Å². The van der Waals surface area contributed by atoms with Gasteiger partial charge in [-0.05, 0) is 37.5 Å². The first-order chi connectivity index (χ1) is 12.1. The molecule has 25 heavy (non-hydrogen) atoms. The first kappa shape index (κ1) is 15.0. The normalized spacial score (nSPS) is 29.2. The molecule has 0 radical (unpaired) electrons. The number of aromatic nitrogens is 1. The van der Waals surface area contributed by atoms with Crippen LogP contribution in [0.4, 0.5) is 0 Å². The molecule has 3 aliphatic rings. The van der Waals surface area contributed by atoms with Crippen LogP contribution in [0, 0.1) is 5.92 Å². The largest absolute Gasteiger partial charge is 0.508 e. The van der Waals surface area contributed by atoms with E-state index in [4.69, 9.17) is 4.74 Å². The maximum absolute atomic E-state index is 12.8. The Morgan fingerprint density at radius 1 is 1.40 bits per heavy atom. The fourth-order valence-corrected chi connectivity index (χ4v) is 5.30. The molecular formula is C20H22N2O3. The molecule has 130 valence electrons. The Bertz CT molecular complexity index is 927. The van der Waals surface area contributed by atoms with Gasteiger partial charge in [0.1, 0.15) is 11.8 Å². The van der Waals surface area contributed by atoms with Crippen molar-refractivity contribution < 1.29 is 14.6 Å². The number of esters is 1. The molecule has 5 heteroatoms. The molecule has 4 heterocycles. The van der Waals surface area contributed by atoms with E-state index in [0.717, 1.165) is 36.8 Å². The van der Waals surface area contributed by atoms with Crippen LogP contribution >= 0.6 is 0 Å². The molecule has 2 bridgehead atoms. The quantitative estimate of drug-likeness (QED) is 0.642. The average molecular weight is 338 g/mol. The average Bonchev–Trinajstić information content (AvgIpc) is 2.95. The molecule has 3 atom stereocenters. The zero-order valence-corrected chi connectivity index (χ0v) is 14.5. The maximum atomic E-state index is 12.8. The van der Waals surface area contributed by atoms with E-state index in [9.17, 15) is 9.90 Å². The first-order valence-corrected chi connectivity index (χ1v) is 8.96. The zero-order valence-electron chi connectivity index (χ0n) is 14.5. The fraction of sp³-hybridized carbons (Fsp3) is 0.450. The Morgan fingerprint density at radius 2 is 2.24 bits per heavy atom. The van der Waals surface area contributed by atoms with Crippen LogP contribution in [0.15, 0.2) is 29.8 Å². The number of nitrogens with zero attached hydrogens (tertiary/aromatic N) is 2. The molecule has 2 aromatic rings. The number of aromatic hydroxyl groups is 1. The molecular weight excluding hydrogens is 316 g/mol. The summed E-state index contributed by atoms with van der Waals surface area (Å²) in [7, 11) is 1.47. The maximum Gasteiger partial charge on any atom is 0.329 e. The lowest BCUT2D eigenvalue weighted by Crippen LogP contribution is -2.50. The van der Waals surface area contributed by atoms with Gasteiger partial charge in [0.2, 0.25) is 0 Å². The summed E-state index contributed by atoms with van der Waals surface area (Å²) in [6.45, 7) is 4.05. The molecule has 1 aromatic heterocycles. The predicted molar refractivity (Wildman–Crippen MR) is 94.5 cm³/mol. The van der Waals surface area contributed by atoms with E-state index in [1.165, 1.54) is 23.9 Å². The molecule has 0 spiro atoms. The van der Waals surface area contributed by atoms with Gasteiger partial charge in [0, 0.05) is 36.2 Å². The number of phenolic OH excluding ortho intramolecular Hbond substituents is 1. The third-order valence-electron chi connectivity index (χ3n) is 6.35. The summed E-state index contributed by atoms with van der Waals surface area (Å²) < 4.78 is 7.37. The first-order valence-electron chi connectivity index (χ1n) is 8.96. The van der Waals surface area contributed by atoms with Gasteiger partial charge < -0.3 is 14.4 Å². The zero-order chi connectivity index (χ0) is 17.3. The Balaban J connectivity index is 1.87. The van der Waals surface area contributed by atoms with E-state index >= 15 is 0 Å². The molecule has 0 saturated carbocycles. The Labute approximate surface area is 146 Å². The summed E-state index contributed by atoms with van der Waals surface area (Å²) in [4.78, 5) is 15.3. The van der Waals surface area contributed by atoms with Crippen molar-refractivity contribution in [3.05, 3.63) is 41.1 Å². The van der Waals surface area contributed by atoms with Crippen molar-refractivity contribution in [3.8, 4) is 5.75 Å². The summed E-state index contributed by atoms with van der Waals surface area (Å²) in [5.41, 5.74) is 4.87. The van der Waals surface area contributed by atoms with Crippen molar-refractivity contribution in [1.82, 2.24) is 9.47 Å². The summed E-state index contributed by atoms with van der Waals surface area (Å²) in [6.07, 6.45) is 4.12. The van der Waals surface area contributed by atoms with Gasteiger partial charge in [-0.3, -0.25) is 4.90 Å². The van der Waals surface area contributed by atoms with Crippen LogP contribution in [0.2, 0.25) is 0 Å². The lowest BCUT2D eigenvalue weighted by molar-refractivity contribution is -0.147. The lowest BCUT2D eigenvalue weighted by Gasteiger charge is -2.50. The SMILES string of the molecule is CC=C1CN2CCc3c4n(c5cc(O)ccc35)[C@H](C(=O)OC)[C@@H]1C[C@H]42. The van der Waals surface area contributed by atoms with Crippen LogP contribution in [0.3, 0.4) is 0 Å². The van der Waals surface area contributed by atoms with Crippen LogP contribution in [-0.4, -0.2) is 40.7 Å². The van der Waals surface area contributed by atoms with Gasteiger partial charge in [0.05, 0.1) is 18.7 Å². The molecule has 1 N–H and O–H groups in total. The van der Waals surface area contributed by atoms with Gasteiger partial charge in [-0.15, -0.1) is 0 Å². The summed E-state index contributed by atoms with van der Waals surface area (Å²) >= 11 is 0. The summed E-state index contributed by atoms with van der Waals surface area (Å²) in [6, 6.07) is 5.54. The molecule has 0 aliphatic carbocycles. The van der Waals surface area contributed by atoms with Gasteiger partial charge >= 0.3 is 5.97 Å². The number of rotatable bonds is 1. The molecule has 0 unspecified atom stereocenters. The second-order valence-electron chi connectivity index (χ2n) is 7.35. The standard InChI is InChI=1S/C20H22N2O3/c1-3-11-10-21-7-6-14-13-5-4-12(23)8-16(13)22-18(14)17(21)9-15(11)19(22)20(24)25-2/h3-5,8,15,17,19,23H,6-7,9-10H2,1-2H3/t15-,17-,19+/m1/s1. The fourth-order valence-electron chi connectivity index (χ4n) is 5.30. The number of benzene rings is 1. The molecule has 0 amide bonds. The minimum atomic E-state index is -0.347. The number of carbonyl (C=O) groups excluding carboxylic acids is 1. The number of carbonyl (C=O) groups is 1. The van der Waals surface area contributed by atoms with E-state index in [2.05, 4.69) is 22.5 Å². The van der Waals surface area contributed by atoms with Crippen molar-refractivity contribution in [3.63, 3.8) is 0 Å². The van der Waals surface area contributed by atoms with Gasteiger partial charge in [-0.1, -0.05) is 11.6 Å². The second kappa shape index (κ2) is 5.11. The van der Waals surface area contributed by atoms with Gasteiger partial charge in [-0.2, -0.15) is 0 Å². The summed E-state index contributed by atoms with van der Waals surface area (Å²) in [5.74, 6) is 0.209. The second-order valence-corrected chi connectivity index (χ2v) is 7.35. The highest BCUT2D eigenvalue weighted by Gasteiger charge is 2.49. The highest BCUT2D eigenvalue weighted by Crippen LogP contribution is 2.53. The number of ether oxygens (including phenoxy) is 1. The molecule has 3 aliphatic heterocycles. The van der Waals surface area contributed by atoms with E-state index in [1.807, 2.05) is 6.07 Å². The Kier molecular flexibility index (Phi) is 3.07. The highest BCUT2D eigenvalue weighted by molar-refractivity contribution is 5.90. The number of piperidine rings is 1. The minimum absolute atomic E-state index is 0.162. The topological polar surface area (TPSA) is 54.7 Å². The predicted octanol–water partition coefficient (Wildman–Crippen LogP) is 2.94. The Hall–Kier alpha value is -2.27. The van der Waals surface area contributed by atoms with Gasteiger partial charge in [0.25, 0.3) is 0 Å². The monoisotopic (exact) mass is 338 g/mol. The van der Waals surface area contributed by atoms with Crippen LogP contribution in [-0.2, 0) is 16.0 Å². The van der Waals surface area contributed by atoms with Crippen molar-refractivity contribution >= 4 is 16.9 Å². The highest BCUT2D eigenvalue weighted by atomic mass is 16.5. The molecule has 5 nitrogen and oxygen atoms in total. The van der Waals surface area contributed by atoms with Crippen molar-refractivity contribution in [2.75, 3.05) is 20.2 Å². The minimum Gasteiger partial charge on any atom is -0.508 e. The number of allylic oxidation sites excluding steroid dienone is 1. The number of methoxy groups -OCH3 is 1. The van der Waals surface area contributed by atoms with E-state index < -0.39 is 0 Å². The van der Waals surface area contributed by atoms with Crippen molar-refractivity contribution in [2.45, 2.75) is 31.8 Å². The van der Waals surface area contributed by atoms with Crippen LogP contribution < -0.4 is 0 Å². The van der Waals surface area contributed by atoms with E-state index in [-0.39, 0.29) is 23.7 Å². The van der Waals surface area contributed by atoms with Gasteiger partial charge in [0.15, 0.2) is 0 Å². The summed E-state index contributed by atoms with van der Waals surface area (Å²) in [5, 5.41) is 11.2. The smallest absolute Gasteiger partial charge is 0.329 e. The number of hydrogen-bond donors (Lipinski definition) is 1. The Morgan fingerprint density at radius 3 is 3.00 bits per heavy atom. The van der Waals surface area contributed by atoms with Crippen LogP contribution in [0.1, 0.15) is 36.7 Å². The molecule has 5 rings (SSSR count). The number of phenols is 1. The van der Waals surface area contributed by atoms with Crippen LogP contribution in [0.5, 0.6) is 5.75 Å². The third-order valence-corrected chi connectivity index (χ3v) is 6.35. The van der Waals surface area contributed by atoms with Crippen molar-refractivity contribution in [2.24, 2.45) is 5.92 Å². The molecule has 1 saturated heterocycles. The van der Waals surface area contributed by atoms with E-state index in [1.54, 1.807) is 12.1 Å². The van der Waals surface area contributed by atoms with Crippen molar-refractivity contribution in [1.29, 1.82) is 0 Å². The molecule has 1 fully saturated rings. The van der Waals surface area contributed by atoms with Gasteiger partial charge in [-0.25, -0.2) is 4.79 Å². The van der Waals surface area contributed by atoms with E-state index in [0.29, 0.717) is 6.04 Å². The third kappa shape index (κ3) is 1.84.